The van der Waals surface area contributed by atoms with E-state index in [1.165, 1.54) is 18.5 Å². The van der Waals surface area contributed by atoms with Crippen LogP contribution in [0.4, 0.5) is 11.5 Å². The van der Waals surface area contributed by atoms with E-state index in [0.717, 1.165) is 37.4 Å². The molecule has 1 aliphatic heterocycles. The molecule has 1 fully saturated rings. The topological polar surface area (TPSA) is 75.4 Å². The summed E-state index contributed by atoms with van der Waals surface area (Å²) in [5.74, 6) is 0.859. The molecule has 0 unspecified atom stereocenters. The number of fused-ring (bicyclic) bond motifs is 1. The molecular formula is C13H15N5O2. The predicted octanol–water partition coefficient (Wildman–Crippen LogP) is 1.29. The van der Waals surface area contributed by atoms with E-state index < -0.39 is 4.92 Å². The first-order chi connectivity index (χ1) is 9.65. The molecule has 0 aliphatic carbocycles. The molecule has 1 aliphatic rings. The van der Waals surface area contributed by atoms with E-state index in [1.807, 2.05) is 0 Å². The van der Waals surface area contributed by atoms with Gasteiger partial charge in [0, 0.05) is 43.7 Å². The minimum absolute atomic E-state index is 0.0560. The summed E-state index contributed by atoms with van der Waals surface area (Å²) in [7, 11) is 2.10. The molecule has 0 radical (unpaired) electrons. The number of nitro groups is 1. The van der Waals surface area contributed by atoms with Crippen molar-refractivity contribution in [3.63, 3.8) is 0 Å². The third-order valence-electron chi connectivity index (χ3n) is 3.61. The molecule has 7 nitrogen and oxygen atoms in total. The average molecular weight is 273 g/mol. The van der Waals surface area contributed by atoms with Gasteiger partial charge in [-0.1, -0.05) is 0 Å². The van der Waals surface area contributed by atoms with E-state index in [-0.39, 0.29) is 5.69 Å². The first kappa shape index (κ1) is 12.7. The monoisotopic (exact) mass is 273 g/mol. The molecule has 20 heavy (non-hydrogen) atoms. The van der Waals surface area contributed by atoms with Crippen LogP contribution >= 0.6 is 0 Å². The van der Waals surface area contributed by atoms with Crippen molar-refractivity contribution >= 4 is 22.4 Å². The average Bonchev–Trinajstić information content (AvgIpc) is 2.47. The van der Waals surface area contributed by atoms with Crippen molar-refractivity contribution in [2.24, 2.45) is 0 Å². The molecule has 0 amide bonds. The van der Waals surface area contributed by atoms with Gasteiger partial charge in [0.25, 0.3) is 5.69 Å². The summed E-state index contributed by atoms with van der Waals surface area (Å²) in [5.41, 5.74) is 0.670. The van der Waals surface area contributed by atoms with Crippen molar-refractivity contribution in [2.45, 2.75) is 0 Å². The molecule has 0 spiro atoms. The number of piperazine rings is 1. The number of hydrogen-bond acceptors (Lipinski definition) is 6. The Morgan fingerprint density at radius 2 is 1.95 bits per heavy atom. The lowest BCUT2D eigenvalue weighted by atomic mass is 10.2. The minimum atomic E-state index is -0.406. The van der Waals surface area contributed by atoms with Crippen LogP contribution in [0.5, 0.6) is 0 Å². The van der Waals surface area contributed by atoms with E-state index in [4.69, 9.17) is 0 Å². The Bertz CT molecular complexity index is 652. The number of non-ortho nitro benzene ring substituents is 1. The maximum absolute atomic E-state index is 10.8. The fourth-order valence-corrected chi connectivity index (χ4v) is 2.42. The molecule has 1 saturated heterocycles. The van der Waals surface area contributed by atoms with Gasteiger partial charge in [0.05, 0.1) is 10.4 Å². The van der Waals surface area contributed by atoms with Crippen LogP contribution < -0.4 is 4.90 Å². The Hall–Kier alpha value is -2.28. The molecule has 3 rings (SSSR count). The lowest BCUT2D eigenvalue weighted by Crippen LogP contribution is -2.44. The maximum atomic E-state index is 10.8. The standard InChI is InChI=1S/C13H15N5O2/c1-16-4-6-17(7-5-16)13-11-3-2-10(18(19)20)8-12(11)14-9-15-13/h2-3,8-9H,4-7H2,1H3. The van der Waals surface area contributed by atoms with Crippen molar-refractivity contribution in [3.05, 3.63) is 34.6 Å². The molecule has 1 aromatic carbocycles. The highest BCUT2D eigenvalue weighted by atomic mass is 16.6. The zero-order chi connectivity index (χ0) is 14.1. The number of nitro benzene ring substituents is 1. The second-order valence-electron chi connectivity index (χ2n) is 4.95. The summed E-state index contributed by atoms with van der Waals surface area (Å²) in [6, 6.07) is 4.74. The molecule has 2 heterocycles. The van der Waals surface area contributed by atoms with Gasteiger partial charge < -0.3 is 9.80 Å². The molecule has 104 valence electrons. The zero-order valence-electron chi connectivity index (χ0n) is 11.2. The molecule has 0 bridgehead atoms. The van der Waals surface area contributed by atoms with Gasteiger partial charge in [0.2, 0.25) is 0 Å². The highest BCUT2D eigenvalue weighted by molar-refractivity contribution is 5.90. The summed E-state index contributed by atoms with van der Waals surface area (Å²) in [6.07, 6.45) is 1.47. The van der Waals surface area contributed by atoms with Crippen LogP contribution in [-0.4, -0.2) is 53.0 Å². The van der Waals surface area contributed by atoms with E-state index in [2.05, 4.69) is 26.8 Å². The highest BCUT2D eigenvalue weighted by Crippen LogP contribution is 2.26. The number of aromatic nitrogens is 2. The summed E-state index contributed by atoms with van der Waals surface area (Å²) in [5, 5.41) is 11.7. The zero-order valence-corrected chi connectivity index (χ0v) is 11.2. The molecular weight excluding hydrogens is 258 g/mol. The largest absolute Gasteiger partial charge is 0.353 e. The SMILES string of the molecule is CN1CCN(c2ncnc3cc([N+](=O)[O-])ccc23)CC1. The molecule has 7 heteroatoms. The van der Waals surface area contributed by atoms with Gasteiger partial charge in [-0.25, -0.2) is 9.97 Å². The highest BCUT2D eigenvalue weighted by Gasteiger charge is 2.18. The Morgan fingerprint density at radius 3 is 2.65 bits per heavy atom. The Balaban J connectivity index is 2.01. The van der Waals surface area contributed by atoms with Gasteiger partial charge >= 0.3 is 0 Å². The van der Waals surface area contributed by atoms with Crippen molar-refractivity contribution < 1.29 is 4.92 Å². The summed E-state index contributed by atoms with van der Waals surface area (Å²) >= 11 is 0. The van der Waals surface area contributed by atoms with Gasteiger partial charge in [-0.05, 0) is 13.1 Å². The first-order valence-corrected chi connectivity index (χ1v) is 6.48. The molecule has 0 atom stereocenters. The Morgan fingerprint density at radius 1 is 1.20 bits per heavy atom. The van der Waals surface area contributed by atoms with Gasteiger partial charge in [0.1, 0.15) is 12.1 Å². The number of anilines is 1. The predicted molar refractivity (Wildman–Crippen MR) is 75.9 cm³/mol. The van der Waals surface area contributed by atoms with Crippen molar-refractivity contribution in [1.82, 2.24) is 14.9 Å². The van der Waals surface area contributed by atoms with E-state index in [9.17, 15) is 10.1 Å². The van der Waals surface area contributed by atoms with Crippen molar-refractivity contribution in [1.29, 1.82) is 0 Å². The third kappa shape index (κ3) is 2.27. The number of hydrogen-bond donors (Lipinski definition) is 0. The number of benzene rings is 1. The van der Waals surface area contributed by atoms with Gasteiger partial charge in [0.15, 0.2) is 0 Å². The summed E-state index contributed by atoms with van der Waals surface area (Å²) in [6.45, 7) is 3.77. The lowest BCUT2D eigenvalue weighted by Gasteiger charge is -2.33. The number of likely N-dealkylation sites (N-methyl/N-ethyl adjacent to an activating group) is 1. The maximum Gasteiger partial charge on any atom is 0.271 e. The smallest absolute Gasteiger partial charge is 0.271 e. The number of nitrogens with zero attached hydrogens (tertiary/aromatic N) is 5. The van der Waals surface area contributed by atoms with Crippen LogP contribution in [0.2, 0.25) is 0 Å². The van der Waals surface area contributed by atoms with Crippen molar-refractivity contribution in [2.75, 3.05) is 38.1 Å². The second-order valence-corrected chi connectivity index (χ2v) is 4.95. The van der Waals surface area contributed by atoms with Crippen LogP contribution in [0, 0.1) is 10.1 Å². The quantitative estimate of drug-likeness (QED) is 0.606. The molecule has 0 N–H and O–H groups in total. The van der Waals surface area contributed by atoms with Crippen LogP contribution in [-0.2, 0) is 0 Å². The van der Waals surface area contributed by atoms with Gasteiger partial charge in [-0.3, -0.25) is 10.1 Å². The van der Waals surface area contributed by atoms with Crippen molar-refractivity contribution in [3.8, 4) is 0 Å². The van der Waals surface area contributed by atoms with Crippen LogP contribution in [0.1, 0.15) is 0 Å². The third-order valence-corrected chi connectivity index (χ3v) is 3.61. The van der Waals surface area contributed by atoms with E-state index in [1.54, 1.807) is 6.07 Å². The summed E-state index contributed by atoms with van der Waals surface area (Å²) < 4.78 is 0. The van der Waals surface area contributed by atoms with Gasteiger partial charge in [-0.2, -0.15) is 0 Å². The normalized spacial score (nSPS) is 16.6. The van der Waals surface area contributed by atoms with Crippen LogP contribution in [0.3, 0.4) is 0 Å². The Kier molecular flexibility index (Phi) is 3.19. The molecule has 1 aromatic heterocycles. The fourth-order valence-electron chi connectivity index (χ4n) is 2.42. The van der Waals surface area contributed by atoms with Gasteiger partial charge in [-0.15, -0.1) is 0 Å². The lowest BCUT2D eigenvalue weighted by molar-refractivity contribution is -0.384. The van der Waals surface area contributed by atoms with Crippen LogP contribution in [0.15, 0.2) is 24.5 Å². The summed E-state index contributed by atoms with van der Waals surface area (Å²) in [4.78, 5) is 23.4. The first-order valence-electron chi connectivity index (χ1n) is 6.48. The minimum Gasteiger partial charge on any atom is -0.353 e. The molecule has 2 aromatic rings. The Labute approximate surface area is 116 Å². The number of rotatable bonds is 2. The van der Waals surface area contributed by atoms with Crippen LogP contribution in [0.25, 0.3) is 10.9 Å². The van der Waals surface area contributed by atoms with E-state index in [0.29, 0.717) is 5.52 Å². The fraction of sp³-hybridized carbons (Fsp3) is 0.385. The van der Waals surface area contributed by atoms with E-state index >= 15 is 0 Å². The molecule has 0 saturated carbocycles. The second kappa shape index (κ2) is 5.01.